The van der Waals surface area contributed by atoms with Crippen molar-refractivity contribution in [2.24, 2.45) is 0 Å². The van der Waals surface area contributed by atoms with E-state index in [4.69, 9.17) is 4.74 Å². The molecule has 3 aliphatic heterocycles. The summed E-state index contributed by atoms with van der Waals surface area (Å²) in [5.41, 5.74) is -0.224. The van der Waals surface area contributed by atoms with Crippen LogP contribution in [0.1, 0.15) is 44.9 Å². The maximum absolute atomic E-state index is 13.8. The van der Waals surface area contributed by atoms with Gasteiger partial charge in [0.1, 0.15) is 17.3 Å². The molecule has 0 amide bonds. The molecule has 0 atom stereocenters. The average molecular weight is 509 g/mol. The first-order chi connectivity index (χ1) is 16.8. The van der Waals surface area contributed by atoms with E-state index in [1.54, 1.807) is 6.08 Å². The van der Waals surface area contributed by atoms with Crippen molar-refractivity contribution >= 4 is 15.7 Å². The monoisotopic (exact) mass is 508 g/mol. The van der Waals surface area contributed by atoms with Gasteiger partial charge in [-0.1, -0.05) is 31.8 Å². The molecule has 190 valence electrons. The van der Waals surface area contributed by atoms with Crippen LogP contribution >= 0.6 is 0 Å². The van der Waals surface area contributed by atoms with Gasteiger partial charge in [-0.05, 0) is 31.4 Å². The van der Waals surface area contributed by atoms with Crippen molar-refractivity contribution in [3.8, 4) is 11.4 Å². The average Bonchev–Trinajstić information content (AvgIpc) is 2.82. The molecule has 0 N–H and O–H groups in total. The fourth-order valence-corrected chi connectivity index (χ4v) is 5.56. The van der Waals surface area contributed by atoms with Gasteiger partial charge in [0.2, 0.25) is 15.8 Å². The molecular formula is C24H30F2N4O4S. The number of hydrogen-bond acceptors (Lipinski definition) is 6. The van der Waals surface area contributed by atoms with Crippen LogP contribution in [0.3, 0.4) is 0 Å². The molecule has 5 rings (SSSR count). The quantitative estimate of drug-likeness (QED) is 0.585. The number of allylic oxidation sites excluding steroid dienone is 1. The predicted molar refractivity (Wildman–Crippen MR) is 129 cm³/mol. The summed E-state index contributed by atoms with van der Waals surface area (Å²) in [7, 11) is -3.51. The number of benzene rings is 1. The van der Waals surface area contributed by atoms with Crippen LogP contribution in [-0.2, 0) is 10.0 Å². The third kappa shape index (κ3) is 6.26. The van der Waals surface area contributed by atoms with Gasteiger partial charge < -0.3 is 9.64 Å². The van der Waals surface area contributed by atoms with Gasteiger partial charge >= 0.3 is 5.56 Å². The van der Waals surface area contributed by atoms with E-state index >= 15 is 0 Å². The molecule has 8 nitrogen and oxygen atoms in total. The number of anilines is 1. The third-order valence-electron chi connectivity index (χ3n) is 6.23. The largest absolute Gasteiger partial charge is 0.486 e. The normalized spacial score (nSPS) is 20.0. The Hall–Kier alpha value is -2.79. The Labute approximate surface area is 203 Å². The molecule has 11 heteroatoms. The zero-order valence-corrected chi connectivity index (χ0v) is 20.4. The van der Waals surface area contributed by atoms with Gasteiger partial charge in [-0.25, -0.2) is 17.2 Å². The molecule has 0 aliphatic carbocycles. The van der Waals surface area contributed by atoms with Crippen molar-refractivity contribution in [3.05, 3.63) is 57.9 Å². The minimum absolute atomic E-state index is 0.0407. The number of rotatable bonds is 1. The molecule has 0 spiro atoms. The number of ether oxygens (including phenoxy) is 1. The number of piperazine rings is 1. The lowest BCUT2D eigenvalue weighted by atomic mass is 10.1. The lowest BCUT2D eigenvalue weighted by molar-refractivity contribution is 0.296. The van der Waals surface area contributed by atoms with Crippen molar-refractivity contribution in [1.29, 1.82) is 0 Å². The molecule has 1 saturated heterocycles. The summed E-state index contributed by atoms with van der Waals surface area (Å²) in [4.78, 5) is 15.2. The highest BCUT2D eigenvalue weighted by atomic mass is 32.2. The standard InChI is InChI=1S/C24H30F2N4O4S/c25-19-15-20(26)17-21(16-19)30-24(31)23-22(18-27-30)28-9-11-29(12-10-28)35(32,33)14-8-6-4-2-1-3-5-7-13-34-23/h8,14-18H,1-7,9-13H2. The van der Waals surface area contributed by atoms with E-state index in [0.29, 0.717) is 25.4 Å². The molecule has 0 unspecified atom stereocenters. The van der Waals surface area contributed by atoms with Crippen molar-refractivity contribution in [3.63, 3.8) is 0 Å². The van der Waals surface area contributed by atoms with Crippen molar-refractivity contribution < 1.29 is 21.9 Å². The lowest BCUT2D eigenvalue weighted by Crippen LogP contribution is -2.48. The summed E-state index contributed by atoms with van der Waals surface area (Å²) in [6.07, 6.45) is 9.62. The summed E-state index contributed by atoms with van der Waals surface area (Å²) in [5.74, 6) is -1.60. The summed E-state index contributed by atoms with van der Waals surface area (Å²) in [6, 6.07) is 2.78. The first kappa shape index (κ1) is 25.3. The highest BCUT2D eigenvalue weighted by molar-refractivity contribution is 7.92. The highest BCUT2D eigenvalue weighted by Gasteiger charge is 2.28. The Morgan fingerprint density at radius 1 is 0.886 bits per heavy atom. The maximum Gasteiger partial charge on any atom is 0.316 e. The van der Waals surface area contributed by atoms with Gasteiger partial charge in [-0.3, -0.25) is 4.79 Å². The van der Waals surface area contributed by atoms with Gasteiger partial charge in [0.15, 0.2) is 0 Å². The minimum Gasteiger partial charge on any atom is -0.486 e. The van der Waals surface area contributed by atoms with Gasteiger partial charge in [-0.2, -0.15) is 14.1 Å². The Bertz CT molecular complexity index is 1200. The Balaban J connectivity index is 1.66. The lowest BCUT2D eigenvalue weighted by Gasteiger charge is -2.35. The first-order valence-electron chi connectivity index (χ1n) is 12.0. The van der Waals surface area contributed by atoms with Gasteiger partial charge in [0.25, 0.3) is 0 Å². The zero-order chi connectivity index (χ0) is 24.8. The number of nitrogens with zero attached hydrogens (tertiary/aromatic N) is 4. The second-order valence-corrected chi connectivity index (χ2v) is 10.6. The van der Waals surface area contributed by atoms with E-state index in [1.165, 1.54) is 15.9 Å². The van der Waals surface area contributed by atoms with E-state index in [1.807, 2.05) is 4.90 Å². The van der Waals surface area contributed by atoms with Crippen molar-refractivity contribution in [2.75, 3.05) is 37.7 Å². The molecule has 3 aliphatic rings. The van der Waals surface area contributed by atoms with Gasteiger partial charge in [-0.15, -0.1) is 0 Å². The van der Waals surface area contributed by atoms with Crippen molar-refractivity contribution in [2.45, 2.75) is 44.9 Å². The number of sulfonamides is 1. The smallest absolute Gasteiger partial charge is 0.316 e. The van der Waals surface area contributed by atoms with Crippen LogP contribution in [0.25, 0.3) is 5.69 Å². The molecule has 0 radical (unpaired) electrons. The minimum atomic E-state index is -3.51. The number of hydrogen-bond donors (Lipinski definition) is 0. The number of halogens is 2. The fraction of sp³-hybridized carbons (Fsp3) is 0.500. The van der Waals surface area contributed by atoms with Crippen LogP contribution < -0.4 is 15.2 Å². The summed E-state index contributed by atoms with van der Waals surface area (Å²) in [5, 5.41) is 5.44. The molecule has 2 bridgehead atoms. The van der Waals surface area contributed by atoms with E-state index in [9.17, 15) is 22.0 Å². The van der Waals surface area contributed by atoms with Gasteiger partial charge in [0.05, 0.1) is 18.5 Å². The number of fused-ring (bicyclic) bond motifs is 12. The van der Waals surface area contributed by atoms with Crippen molar-refractivity contribution in [1.82, 2.24) is 14.1 Å². The molecule has 1 fully saturated rings. The van der Waals surface area contributed by atoms with Crippen LogP contribution in [0.4, 0.5) is 14.5 Å². The van der Waals surface area contributed by atoms with E-state index in [-0.39, 0.29) is 24.5 Å². The van der Waals surface area contributed by atoms with E-state index in [2.05, 4.69) is 5.10 Å². The predicted octanol–water partition coefficient (Wildman–Crippen LogP) is 3.60. The first-order valence-corrected chi connectivity index (χ1v) is 13.5. The Morgan fingerprint density at radius 2 is 1.54 bits per heavy atom. The second-order valence-electron chi connectivity index (χ2n) is 8.76. The third-order valence-corrected chi connectivity index (χ3v) is 7.85. The molecule has 1 aromatic carbocycles. The topological polar surface area (TPSA) is 84.7 Å². The Kier molecular flexibility index (Phi) is 8.17. The molecule has 0 saturated carbocycles. The van der Waals surface area contributed by atoms with Gasteiger partial charge in [0, 0.05) is 37.7 Å². The maximum atomic E-state index is 13.8. The SMILES string of the molecule is O=c1c2c(cnn1-c1cc(F)cc(F)c1)N1CCN(CC1)S(=O)(=O)C=CCCCCCCCCO2. The van der Waals surface area contributed by atoms with E-state index in [0.717, 1.165) is 67.8 Å². The summed E-state index contributed by atoms with van der Waals surface area (Å²) in [6.45, 7) is 1.53. The Morgan fingerprint density at radius 3 is 2.26 bits per heavy atom. The molecule has 2 aromatic rings. The van der Waals surface area contributed by atoms with Crippen LogP contribution in [0, 0.1) is 11.6 Å². The number of aromatic nitrogens is 2. The van der Waals surface area contributed by atoms with Crippen LogP contribution in [-0.4, -0.2) is 55.3 Å². The second kappa shape index (κ2) is 11.3. The zero-order valence-electron chi connectivity index (χ0n) is 19.5. The molecular weight excluding hydrogens is 478 g/mol. The summed E-state index contributed by atoms with van der Waals surface area (Å²) >= 11 is 0. The van der Waals surface area contributed by atoms with Crippen LogP contribution in [0.2, 0.25) is 0 Å². The highest BCUT2D eigenvalue weighted by Crippen LogP contribution is 2.27. The fourth-order valence-electron chi connectivity index (χ4n) is 4.34. The molecule has 35 heavy (non-hydrogen) atoms. The van der Waals surface area contributed by atoms with Crippen LogP contribution in [0.15, 0.2) is 40.7 Å². The summed E-state index contributed by atoms with van der Waals surface area (Å²) < 4.78 is 61.2. The van der Waals surface area contributed by atoms with Crippen LogP contribution in [0.5, 0.6) is 5.75 Å². The van der Waals surface area contributed by atoms with E-state index < -0.39 is 27.2 Å². The molecule has 1 aromatic heterocycles. The molecule has 4 heterocycles.